The van der Waals surface area contributed by atoms with Crippen LogP contribution in [0.4, 0.5) is 10.1 Å². The molecule has 0 radical (unpaired) electrons. The maximum atomic E-state index is 15.9. The molecule has 6 rings (SSSR count). The van der Waals surface area contributed by atoms with E-state index in [1.807, 2.05) is 39.8 Å². The smallest absolute Gasteiger partial charge is 0.344 e. The first kappa shape index (κ1) is 32.7. The number of esters is 1. The third-order valence-electron chi connectivity index (χ3n) is 8.43. The van der Waals surface area contributed by atoms with E-state index < -0.39 is 17.2 Å². The lowest BCUT2D eigenvalue weighted by Crippen LogP contribution is -2.46. The van der Waals surface area contributed by atoms with Crippen LogP contribution in [0.2, 0.25) is 10.0 Å². The molecule has 2 heterocycles. The van der Waals surface area contributed by atoms with Crippen LogP contribution in [0.1, 0.15) is 32.7 Å². The number of piperazine rings is 1. The molecule has 5 aromatic rings. The van der Waals surface area contributed by atoms with E-state index in [1.54, 1.807) is 42.5 Å². The molecule has 0 saturated carbocycles. The van der Waals surface area contributed by atoms with Crippen LogP contribution in [0.3, 0.4) is 0 Å². The second-order valence-electron chi connectivity index (χ2n) is 11.6. The van der Waals surface area contributed by atoms with Gasteiger partial charge in [-0.1, -0.05) is 77.8 Å². The summed E-state index contributed by atoms with van der Waals surface area (Å²) in [5.41, 5.74) is 3.25. The molecule has 1 aromatic heterocycles. The summed E-state index contributed by atoms with van der Waals surface area (Å²) in [5.74, 6) is -1.34. The molecule has 0 spiro atoms. The Morgan fingerprint density at radius 3 is 2.04 bits per heavy atom. The molecule has 0 bridgehead atoms. The third kappa shape index (κ3) is 7.52. The van der Waals surface area contributed by atoms with Crippen molar-refractivity contribution in [2.75, 3.05) is 38.2 Å². The van der Waals surface area contributed by atoms with Crippen LogP contribution in [0.5, 0.6) is 0 Å². The van der Waals surface area contributed by atoms with Gasteiger partial charge in [-0.2, -0.15) is 0 Å². The predicted molar refractivity (Wildman–Crippen MR) is 184 cm³/mol. The van der Waals surface area contributed by atoms with E-state index in [-0.39, 0.29) is 30.7 Å². The molecule has 1 aliphatic rings. The summed E-state index contributed by atoms with van der Waals surface area (Å²) in [5, 5.41) is 1.22. The molecule has 0 unspecified atom stereocenters. The lowest BCUT2D eigenvalue weighted by atomic mass is 10.0. The van der Waals surface area contributed by atoms with Crippen LogP contribution in [-0.4, -0.2) is 48.7 Å². The number of ether oxygens (including phenoxy) is 2. The Hall–Kier alpha value is -4.21. The summed E-state index contributed by atoms with van der Waals surface area (Å²) < 4.78 is 28.9. The largest absolute Gasteiger partial charge is 0.457 e. The fourth-order valence-corrected chi connectivity index (χ4v) is 6.24. The van der Waals surface area contributed by atoms with E-state index in [4.69, 9.17) is 32.7 Å². The van der Waals surface area contributed by atoms with Crippen molar-refractivity contribution in [3.05, 3.63) is 145 Å². The minimum absolute atomic E-state index is 0.0466. The first-order valence-corrected chi connectivity index (χ1v) is 16.1. The maximum Gasteiger partial charge on any atom is 0.344 e. The average Bonchev–Trinajstić information content (AvgIpc) is 3.08. The highest BCUT2D eigenvalue weighted by molar-refractivity contribution is 6.30. The number of aromatic nitrogens is 1. The SMILES string of the molecule is COCc1c(C(=O)OCc2ccc(Cl)cc2)c(=O)c2cc(F)c(N3CCN(Cc4ccccc4)CC3)cc2n1Cc1ccc(Cl)cc1. The number of anilines is 1. The molecule has 0 aliphatic carbocycles. The molecule has 1 aliphatic heterocycles. The van der Waals surface area contributed by atoms with Gasteiger partial charge in [-0.15, -0.1) is 0 Å². The van der Waals surface area contributed by atoms with Crippen LogP contribution in [0.25, 0.3) is 10.9 Å². The number of benzene rings is 4. The lowest BCUT2D eigenvalue weighted by Gasteiger charge is -2.36. The average molecular weight is 675 g/mol. The first-order valence-electron chi connectivity index (χ1n) is 15.4. The zero-order valence-electron chi connectivity index (χ0n) is 25.9. The van der Waals surface area contributed by atoms with Crippen molar-refractivity contribution >= 4 is 45.8 Å². The van der Waals surface area contributed by atoms with E-state index in [9.17, 15) is 9.59 Å². The summed E-state index contributed by atoms with van der Waals surface area (Å²) in [7, 11) is 1.50. The molecule has 1 saturated heterocycles. The number of fused-ring (bicyclic) bond motifs is 1. The summed E-state index contributed by atoms with van der Waals surface area (Å²) >= 11 is 12.2. The molecular formula is C37H34Cl2FN3O4. The summed E-state index contributed by atoms with van der Waals surface area (Å²) in [6, 6.07) is 27.4. The highest BCUT2D eigenvalue weighted by Gasteiger charge is 2.27. The summed E-state index contributed by atoms with van der Waals surface area (Å²) in [6.45, 7) is 3.75. The van der Waals surface area contributed by atoms with E-state index >= 15 is 4.39 Å². The van der Waals surface area contributed by atoms with Crippen molar-refractivity contribution in [2.45, 2.75) is 26.3 Å². The van der Waals surface area contributed by atoms with Crippen LogP contribution in [0.15, 0.2) is 95.8 Å². The summed E-state index contributed by atoms with van der Waals surface area (Å²) in [4.78, 5) is 32.0. The van der Waals surface area contributed by atoms with Crippen molar-refractivity contribution in [3.8, 4) is 0 Å². The van der Waals surface area contributed by atoms with Gasteiger partial charge >= 0.3 is 5.97 Å². The Morgan fingerprint density at radius 2 is 1.40 bits per heavy atom. The van der Waals surface area contributed by atoms with Gasteiger partial charge in [-0.25, -0.2) is 9.18 Å². The highest BCUT2D eigenvalue weighted by atomic mass is 35.5. The van der Waals surface area contributed by atoms with E-state index in [0.717, 1.165) is 25.2 Å². The quantitative estimate of drug-likeness (QED) is 0.145. The van der Waals surface area contributed by atoms with Gasteiger partial charge in [0.1, 0.15) is 18.0 Å². The molecule has 0 amide bonds. The van der Waals surface area contributed by atoms with Crippen LogP contribution in [-0.2, 0) is 35.8 Å². The molecule has 0 atom stereocenters. The number of pyridine rings is 1. The van der Waals surface area contributed by atoms with Gasteiger partial charge in [0.2, 0.25) is 5.43 Å². The zero-order chi connectivity index (χ0) is 32.9. The fourth-order valence-electron chi connectivity index (χ4n) is 5.98. The number of carbonyl (C=O) groups is 1. The number of hydrogen-bond donors (Lipinski definition) is 0. The molecule has 242 valence electrons. The lowest BCUT2D eigenvalue weighted by molar-refractivity contribution is 0.0464. The van der Waals surface area contributed by atoms with Crippen LogP contribution >= 0.6 is 23.2 Å². The molecular weight excluding hydrogens is 640 g/mol. The van der Waals surface area contributed by atoms with Crippen molar-refractivity contribution in [1.82, 2.24) is 9.47 Å². The molecule has 7 nitrogen and oxygen atoms in total. The maximum absolute atomic E-state index is 15.9. The molecule has 10 heteroatoms. The first-order chi connectivity index (χ1) is 22.8. The van der Waals surface area contributed by atoms with E-state index in [2.05, 4.69) is 17.0 Å². The van der Waals surface area contributed by atoms with Crippen LogP contribution < -0.4 is 10.3 Å². The number of nitrogens with zero attached hydrogens (tertiary/aromatic N) is 3. The number of carbonyl (C=O) groups excluding carboxylic acids is 1. The second-order valence-corrected chi connectivity index (χ2v) is 12.4. The Balaban J connectivity index is 1.39. The van der Waals surface area contributed by atoms with Gasteiger partial charge < -0.3 is 18.9 Å². The third-order valence-corrected chi connectivity index (χ3v) is 8.93. The van der Waals surface area contributed by atoms with E-state index in [0.29, 0.717) is 45.6 Å². The topological polar surface area (TPSA) is 64.0 Å². The number of rotatable bonds is 10. The zero-order valence-corrected chi connectivity index (χ0v) is 27.4. The van der Waals surface area contributed by atoms with Gasteiger partial charge in [0.05, 0.1) is 23.5 Å². The molecule has 0 N–H and O–H groups in total. The Labute approximate surface area is 282 Å². The normalized spacial score (nSPS) is 13.7. The van der Waals surface area contributed by atoms with Gasteiger partial charge in [0, 0.05) is 61.8 Å². The fraction of sp³-hybridized carbons (Fsp3) is 0.243. The number of methoxy groups -OCH3 is 1. The Kier molecular flexibility index (Phi) is 10.2. The van der Waals surface area contributed by atoms with Gasteiger partial charge in [0.25, 0.3) is 0 Å². The van der Waals surface area contributed by atoms with Gasteiger partial charge in [-0.05, 0) is 53.1 Å². The number of hydrogen-bond acceptors (Lipinski definition) is 6. The van der Waals surface area contributed by atoms with Gasteiger partial charge in [0.15, 0.2) is 0 Å². The minimum Gasteiger partial charge on any atom is -0.457 e. The Morgan fingerprint density at radius 1 is 0.787 bits per heavy atom. The van der Waals surface area contributed by atoms with Crippen molar-refractivity contribution in [2.24, 2.45) is 0 Å². The van der Waals surface area contributed by atoms with Crippen LogP contribution in [0, 0.1) is 5.82 Å². The molecule has 1 fully saturated rings. The summed E-state index contributed by atoms with van der Waals surface area (Å²) in [6.07, 6.45) is 0. The number of halogens is 3. The standard InChI is InChI=1S/C37H34Cl2FN3O4/c1-46-24-34-35(37(45)47-23-27-9-13-29(39)14-10-27)36(44)30-19-31(40)33(20-32(30)43(34)22-26-7-11-28(38)12-8-26)42-17-15-41(16-18-42)21-25-5-3-2-4-6-25/h2-14,19-20H,15-18,21-24H2,1H3. The van der Waals surface area contributed by atoms with Crippen molar-refractivity contribution in [3.63, 3.8) is 0 Å². The van der Waals surface area contributed by atoms with Crippen molar-refractivity contribution < 1.29 is 18.7 Å². The van der Waals surface area contributed by atoms with E-state index in [1.165, 1.54) is 18.7 Å². The van der Waals surface area contributed by atoms with Gasteiger partial charge in [-0.3, -0.25) is 9.69 Å². The molecule has 47 heavy (non-hydrogen) atoms. The predicted octanol–water partition coefficient (Wildman–Crippen LogP) is 7.32. The molecule has 4 aromatic carbocycles. The second kappa shape index (κ2) is 14.7. The monoisotopic (exact) mass is 673 g/mol. The van der Waals surface area contributed by atoms with Crippen molar-refractivity contribution in [1.29, 1.82) is 0 Å². The highest BCUT2D eigenvalue weighted by Crippen LogP contribution is 2.29. The Bertz CT molecular complexity index is 1930. The minimum atomic E-state index is -0.817.